The van der Waals surface area contributed by atoms with Crippen molar-refractivity contribution in [2.45, 2.75) is 40.2 Å². The highest BCUT2D eigenvalue weighted by Gasteiger charge is 2.17. The molecule has 0 fully saturated rings. The summed E-state index contributed by atoms with van der Waals surface area (Å²) < 4.78 is 0. The van der Waals surface area contributed by atoms with Crippen LogP contribution in [0, 0.1) is 5.41 Å². The Morgan fingerprint density at radius 2 is 2.00 bits per heavy atom. The number of hydrogen-bond acceptors (Lipinski definition) is 1. The lowest BCUT2D eigenvalue weighted by Gasteiger charge is -2.24. The first-order chi connectivity index (χ1) is 4.50. The highest BCUT2D eigenvalue weighted by Crippen LogP contribution is 2.20. The van der Waals surface area contributed by atoms with Gasteiger partial charge in [0.25, 0.3) is 0 Å². The second-order valence-electron chi connectivity index (χ2n) is 3.42. The first-order valence-corrected chi connectivity index (χ1v) is 3.94. The van der Waals surface area contributed by atoms with Crippen molar-refractivity contribution < 1.29 is 0 Å². The molecule has 10 heavy (non-hydrogen) atoms. The first-order valence-electron chi connectivity index (χ1n) is 3.94. The number of rotatable bonds is 3. The molecule has 0 unspecified atom stereocenters. The predicted molar refractivity (Wildman–Crippen MR) is 46.9 cm³/mol. The highest BCUT2D eigenvalue weighted by atomic mass is 14.6. The standard InChI is InChI=1S/C9H19N/c1-5-6-7-9(3,4)8(2)10/h6-8H,5,10H2,1-4H3/b7-6-/t8-/m0/s1. The summed E-state index contributed by atoms with van der Waals surface area (Å²) in [5.41, 5.74) is 5.91. The van der Waals surface area contributed by atoms with E-state index in [1.165, 1.54) is 0 Å². The summed E-state index contributed by atoms with van der Waals surface area (Å²) in [6.07, 6.45) is 5.46. The van der Waals surface area contributed by atoms with Gasteiger partial charge >= 0.3 is 0 Å². The van der Waals surface area contributed by atoms with E-state index in [4.69, 9.17) is 5.73 Å². The van der Waals surface area contributed by atoms with Crippen molar-refractivity contribution in [1.29, 1.82) is 0 Å². The summed E-state index contributed by atoms with van der Waals surface area (Å²) in [4.78, 5) is 0. The Morgan fingerprint density at radius 1 is 1.50 bits per heavy atom. The van der Waals surface area contributed by atoms with E-state index in [1.807, 2.05) is 6.92 Å². The molecule has 0 bridgehead atoms. The minimum absolute atomic E-state index is 0.149. The summed E-state index contributed by atoms with van der Waals surface area (Å²) in [6.45, 7) is 8.49. The summed E-state index contributed by atoms with van der Waals surface area (Å²) >= 11 is 0. The number of allylic oxidation sites excluding steroid dienone is 1. The molecule has 0 spiro atoms. The van der Waals surface area contributed by atoms with Crippen LogP contribution >= 0.6 is 0 Å². The Labute approximate surface area is 64.3 Å². The topological polar surface area (TPSA) is 26.0 Å². The quantitative estimate of drug-likeness (QED) is 0.600. The Kier molecular flexibility index (Phi) is 3.66. The lowest BCUT2D eigenvalue weighted by atomic mass is 9.85. The van der Waals surface area contributed by atoms with Gasteiger partial charge in [0, 0.05) is 6.04 Å². The highest BCUT2D eigenvalue weighted by molar-refractivity contribution is 4.98. The molecular formula is C9H19N. The van der Waals surface area contributed by atoms with E-state index >= 15 is 0 Å². The van der Waals surface area contributed by atoms with Gasteiger partial charge in [-0.3, -0.25) is 0 Å². The molecule has 0 aliphatic heterocycles. The van der Waals surface area contributed by atoms with Gasteiger partial charge in [0.05, 0.1) is 0 Å². The van der Waals surface area contributed by atoms with E-state index < -0.39 is 0 Å². The Morgan fingerprint density at radius 3 is 2.30 bits per heavy atom. The number of hydrogen-bond donors (Lipinski definition) is 1. The van der Waals surface area contributed by atoms with Crippen molar-refractivity contribution in [2.24, 2.45) is 11.1 Å². The molecule has 0 saturated heterocycles. The summed E-state index contributed by atoms with van der Waals surface area (Å²) in [6, 6.07) is 0.232. The fourth-order valence-corrected chi connectivity index (χ4v) is 0.573. The molecule has 0 aromatic heterocycles. The van der Waals surface area contributed by atoms with E-state index in [9.17, 15) is 0 Å². The molecule has 1 nitrogen and oxygen atoms in total. The maximum Gasteiger partial charge on any atom is 0.00965 e. The van der Waals surface area contributed by atoms with Crippen LogP contribution < -0.4 is 5.73 Å². The lowest BCUT2D eigenvalue weighted by molar-refractivity contribution is 0.393. The molecule has 1 atom stereocenters. The molecule has 0 aromatic rings. The molecule has 0 amide bonds. The van der Waals surface area contributed by atoms with E-state index in [0.29, 0.717) is 0 Å². The van der Waals surface area contributed by atoms with Crippen LogP contribution in [0.15, 0.2) is 12.2 Å². The molecule has 1 heteroatoms. The van der Waals surface area contributed by atoms with Crippen molar-refractivity contribution in [3.8, 4) is 0 Å². The summed E-state index contributed by atoms with van der Waals surface area (Å²) in [5.74, 6) is 0. The molecule has 0 heterocycles. The third kappa shape index (κ3) is 3.02. The maximum atomic E-state index is 5.76. The van der Waals surface area contributed by atoms with E-state index in [-0.39, 0.29) is 11.5 Å². The van der Waals surface area contributed by atoms with Crippen LogP contribution in [0.25, 0.3) is 0 Å². The summed E-state index contributed by atoms with van der Waals surface area (Å²) in [5, 5.41) is 0. The largest absolute Gasteiger partial charge is 0.327 e. The molecule has 0 saturated carbocycles. The molecule has 0 aromatic carbocycles. The van der Waals surface area contributed by atoms with Gasteiger partial charge in [0.1, 0.15) is 0 Å². The fraction of sp³-hybridized carbons (Fsp3) is 0.778. The van der Waals surface area contributed by atoms with Crippen LogP contribution in [-0.4, -0.2) is 6.04 Å². The van der Waals surface area contributed by atoms with E-state index in [1.54, 1.807) is 0 Å². The Hall–Kier alpha value is -0.300. The third-order valence-corrected chi connectivity index (χ3v) is 1.96. The molecule has 60 valence electrons. The van der Waals surface area contributed by atoms with Crippen LogP contribution in [0.3, 0.4) is 0 Å². The third-order valence-electron chi connectivity index (χ3n) is 1.96. The van der Waals surface area contributed by atoms with Crippen molar-refractivity contribution in [3.05, 3.63) is 12.2 Å². The molecule has 0 aliphatic carbocycles. The minimum atomic E-state index is 0.149. The molecule has 0 rings (SSSR count). The Balaban J connectivity index is 3.98. The SMILES string of the molecule is CC/C=C\C(C)(C)[C@H](C)N. The van der Waals surface area contributed by atoms with Gasteiger partial charge in [-0.05, 0) is 18.8 Å². The second-order valence-corrected chi connectivity index (χ2v) is 3.42. The van der Waals surface area contributed by atoms with Crippen molar-refractivity contribution in [3.63, 3.8) is 0 Å². The van der Waals surface area contributed by atoms with Gasteiger partial charge in [0.2, 0.25) is 0 Å². The average Bonchev–Trinajstić information content (AvgIpc) is 1.84. The minimum Gasteiger partial charge on any atom is -0.327 e. The van der Waals surface area contributed by atoms with Gasteiger partial charge in [-0.15, -0.1) is 0 Å². The van der Waals surface area contributed by atoms with Crippen LogP contribution in [0.5, 0.6) is 0 Å². The fourth-order valence-electron chi connectivity index (χ4n) is 0.573. The van der Waals surface area contributed by atoms with Gasteiger partial charge in [-0.25, -0.2) is 0 Å². The zero-order chi connectivity index (χ0) is 8.20. The van der Waals surface area contributed by atoms with Crippen LogP contribution in [0.4, 0.5) is 0 Å². The van der Waals surface area contributed by atoms with Crippen LogP contribution in [-0.2, 0) is 0 Å². The second kappa shape index (κ2) is 3.77. The normalized spacial score (nSPS) is 16.1. The van der Waals surface area contributed by atoms with Crippen molar-refractivity contribution in [1.82, 2.24) is 0 Å². The zero-order valence-corrected chi connectivity index (χ0v) is 7.52. The van der Waals surface area contributed by atoms with Gasteiger partial charge in [-0.2, -0.15) is 0 Å². The number of nitrogens with two attached hydrogens (primary N) is 1. The van der Waals surface area contributed by atoms with E-state index in [0.717, 1.165) is 6.42 Å². The molecule has 0 radical (unpaired) electrons. The smallest absolute Gasteiger partial charge is 0.00965 e. The summed E-state index contributed by atoms with van der Waals surface area (Å²) in [7, 11) is 0. The van der Waals surface area contributed by atoms with Gasteiger partial charge in [0.15, 0.2) is 0 Å². The van der Waals surface area contributed by atoms with Crippen molar-refractivity contribution >= 4 is 0 Å². The van der Waals surface area contributed by atoms with Crippen LogP contribution in [0.1, 0.15) is 34.1 Å². The van der Waals surface area contributed by atoms with E-state index in [2.05, 4.69) is 32.9 Å². The van der Waals surface area contributed by atoms with Crippen LogP contribution in [0.2, 0.25) is 0 Å². The monoisotopic (exact) mass is 141 g/mol. The first kappa shape index (κ1) is 9.70. The van der Waals surface area contributed by atoms with Gasteiger partial charge < -0.3 is 5.73 Å². The molecular weight excluding hydrogens is 122 g/mol. The Bertz CT molecular complexity index is 112. The molecule has 2 N–H and O–H groups in total. The van der Waals surface area contributed by atoms with Gasteiger partial charge in [-0.1, -0.05) is 32.9 Å². The maximum absolute atomic E-state index is 5.76. The molecule has 0 aliphatic rings. The zero-order valence-electron chi connectivity index (χ0n) is 7.52. The predicted octanol–water partition coefficient (Wildman–Crippen LogP) is 2.33. The lowest BCUT2D eigenvalue weighted by Crippen LogP contribution is -2.32. The van der Waals surface area contributed by atoms with Crippen molar-refractivity contribution in [2.75, 3.05) is 0 Å². The average molecular weight is 141 g/mol.